The lowest BCUT2D eigenvalue weighted by Crippen LogP contribution is -2.36. The van der Waals surface area contributed by atoms with Crippen molar-refractivity contribution >= 4 is 23.4 Å². The van der Waals surface area contributed by atoms with Crippen molar-refractivity contribution in [3.05, 3.63) is 29.4 Å². The van der Waals surface area contributed by atoms with Crippen LogP contribution in [0.4, 0.5) is 11.8 Å². The molecule has 0 spiro atoms. The molecular weight excluding hydrogens is 278 g/mol. The summed E-state index contributed by atoms with van der Waals surface area (Å²) in [5, 5.41) is 0.619. The second kappa shape index (κ2) is 5.60. The summed E-state index contributed by atoms with van der Waals surface area (Å²) in [4.78, 5) is 14.8. The van der Waals surface area contributed by atoms with Crippen molar-refractivity contribution in [3.8, 4) is 11.4 Å². The standard InChI is InChI=1S/C13H14ClN5O/c14-9-7-11(10-1-2-16-13(15)18-10)17-12(8-9)19-3-5-20-6-4-19/h1-2,7-8H,3-6H2,(H2,15,16,18). The van der Waals surface area contributed by atoms with E-state index in [2.05, 4.69) is 19.9 Å². The number of hydrogen-bond donors (Lipinski definition) is 1. The Morgan fingerprint density at radius 3 is 2.70 bits per heavy atom. The fraction of sp³-hybridized carbons (Fsp3) is 0.308. The van der Waals surface area contributed by atoms with Crippen LogP contribution in [0.1, 0.15) is 0 Å². The van der Waals surface area contributed by atoms with Crippen LogP contribution in [0.5, 0.6) is 0 Å². The van der Waals surface area contributed by atoms with Crippen LogP contribution in [0.2, 0.25) is 5.02 Å². The van der Waals surface area contributed by atoms with Gasteiger partial charge in [0.1, 0.15) is 5.82 Å². The van der Waals surface area contributed by atoms with E-state index in [1.54, 1.807) is 18.3 Å². The second-order valence-electron chi connectivity index (χ2n) is 4.43. The minimum Gasteiger partial charge on any atom is -0.378 e. The molecule has 3 heterocycles. The van der Waals surface area contributed by atoms with E-state index < -0.39 is 0 Å². The minimum absolute atomic E-state index is 0.220. The lowest BCUT2D eigenvalue weighted by atomic mass is 10.2. The van der Waals surface area contributed by atoms with Gasteiger partial charge in [-0.2, -0.15) is 0 Å². The number of nitrogens with zero attached hydrogens (tertiary/aromatic N) is 4. The zero-order valence-corrected chi connectivity index (χ0v) is 11.5. The Kier molecular flexibility index (Phi) is 3.66. The molecular formula is C13H14ClN5O. The largest absolute Gasteiger partial charge is 0.378 e. The van der Waals surface area contributed by atoms with Gasteiger partial charge in [0.15, 0.2) is 0 Å². The van der Waals surface area contributed by atoms with Crippen molar-refractivity contribution in [2.24, 2.45) is 0 Å². The number of morpholine rings is 1. The van der Waals surface area contributed by atoms with Gasteiger partial charge in [0.05, 0.1) is 24.6 Å². The summed E-state index contributed by atoms with van der Waals surface area (Å²) in [6.45, 7) is 3.01. The average Bonchev–Trinajstić information content (AvgIpc) is 2.47. The van der Waals surface area contributed by atoms with E-state index in [0.29, 0.717) is 29.6 Å². The molecule has 0 aromatic carbocycles. The van der Waals surface area contributed by atoms with Crippen molar-refractivity contribution in [1.29, 1.82) is 0 Å². The van der Waals surface area contributed by atoms with Crippen molar-refractivity contribution in [1.82, 2.24) is 15.0 Å². The zero-order chi connectivity index (χ0) is 13.9. The van der Waals surface area contributed by atoms with Crippen LogP contribution < -0.4 is 10.6 Å². The quantitative estimate of drug-likeness (QED) is 0.906. The van der Waals surface area contributed by atoms with Crippen LogP contribution in [0, 0.1) is 0 Å². The summed E-state index contributed by atoms with van der Waals surface area (Å²) < 4.78 is 5.34. The number of rotatable bonds is 2. The molecule has 1 fully saturated rings. The number of ether oxygens (including phenoxy) is 1. The number of aromatic nitrogens is 3. The van der Waals surface area contributed by atoms with Crippen LogP contribution >= 0.6 is 11.6 Å². The molecule has 0 unspecified atom stereocenters. The maximum absolute atomic E-state index is 6.19. The predicted molar refractivity (Wildman–Crippen MR) is 77.7 cm³/mol. The van der Waals surface area contributed by atoms with Crippen molar-refractivity contribution in [2.75, 3.05) is 36.9 Å². The van der Waals surface area contributed by atoms with Gasteiger partial charge in [-0.25, -0.2) is 15.0 Å². The van der Waals surface area contributed by atoms with Gasteiger partial charge in [0.2, 0.25) is 5.95 Å². The highest BCUT2D eigenvalue weighted by Crippen LogP contribution is 2.25. The van der Waals surface area contributed by atoms with E-state index >= 15 is 0 Å². The van der Waals surface area contributed by atoms with Gasteiger partial charge in [-0.05, 0) is 18.2 Å². The predicted octanol–water partition coefficient (Wildman–Crippen LogP) is 1.61. The van der Waals surface area contributed by atoms with Gasteiger partial charge < -0.3 is 15.4 Å². The molecule has 1 aliphatic rings. The first-order valence-corrected chi connectivity index (χ1v) is 6.69. The van der Waals surface area contributed by atoms with Crippen LogP contribution in [-0.4, -0.2) is 41.3 Å². The average molecular weight is 292 g/mol. The fourth-order valence-corrected chi connectivity index (χ4v) is 2.29. The summed E-state index contributed by atoms with van der Waals surface area (Å²) in [6, 6.07) is 5.38. The van der Waals surface area contributed by atoms with E-state index in [1.807, 2.05) is 6.07 Å². The summed E-state index contributed by atoms with van der Waals surface area (Å²) in [5.74, 6) is 1.05. The molecule has 0 aliphatic carbocycles. The Balaban J connectivity index is 1.97. The summed E-state index contributed by atoms with van der Waals surface area (Å²) >= 11 is 6.19. The van der Waals surface area contributed by atoms with Gasteiger partial charge in [-0.3, -0.25) is 0 Å². The molecule has 2 aromatic rings. The van der Waals surface area contributed by atoms with E-state index in [0.717, 1.165) is 18.9 Å². The molecule has 1 saturated heterocycles. The maximum Gasteiger partial charge on any atom is 0.220 e. The third-order valence-corrected chi connectivity index (χ3v) is 3.27. The summed E-state index contributed by atoms with van der Waals surface area (Å²) in [6.07, 6.45) is 1.61. The van der Waals surface area contributed by atoms with Crippen LogP contribution in [0.15, 0.2) is 24.4 Å². The Hall–Kier alpha value is -1.92. The van der Waals surface area contributed by atoms with E-state index in [1.165, 1.54) is 0 Å². The fourth-order valence-electron chi connectivity index (χ4n) is 2.09. The molecule has 3 rings (SSSR count). The van der Waals surface area contributed by atoms with E-state index in [-0.39, 0.29) is 5.95 Å². The molecule has 0 radical (unpaired) electrons. The van der Waals surface area contributed by atoms with Gasteiger partial charge in [-0.15, -0.1) is 0 Å². The molecule has 104 valence electrons. The number of nitrogens with two attached hydrogens (primary N) is 1. The molecule has 0 saturated carbocycles. The highest BCUT2D eigenvalue weighted by Gasteiger charge is 2.15. The molecule has 20 heavy (non-hydrogen) atoms. The van der Waals surface area contributed by atoms with Crippen LogP contribution in [0.25, 0.3) is 11.4 Å². The van der Waals surface area contributed by atoms with Gasteiger partial charge in [-0.1, -0.05) is 11.6 Å². The molecule has 2 N–H and O–H groups in total. The highest BCUT2D eigenvalue weighted by molar-refractivity contribution is 6.31. The normalized spacial score (nSPS) is 15.3. The smallest absolute Gasteiger partial charge is 0.220 e. The van der Waals surface area contributed by atoms with Crippen molar-refractivity contribution in [2.45, 2.75) is 0 Å². The number of pyridine rings is 1. The van der Waals surface area contributed by atoms with Crippen LogP contribution in [0.3, 0.4) is 0 Å². The first-order chi connectivity index (χ1) is 9.72. The Morgan fingerprint density at radius 1 is 1.15 bits per heavy atom. The van der Waals surface area contributed by atoms with E-state index in [4.69, 9.17) is 22.1 Å². The SMILES string of the molecule is Nc1nccc(-c2cc(Cl)cc(N3CCOCC3)n2)n1. The molecule has 0 amide bonds. The number of hydrogen-bond acceptors (Lipinski definition) is 6. The summed E-state index contributed by atoms with van der Waals surface area (Å²) in [5.41, 5.74) is 6.95. The summed E-state index contributed by atoms with van der Waals surface area (Å²) in [7, 11) is 0. The van der Waals surface area contributed by atoms with Crippen molar-refractivity contribution in [3.63, 3.8) is 0 Å². The third kappa shape index (κ3) is 2.81. The molecule has 2 aromatic heterocycles. The van der Waals surface area contributed by atoms with Gasteiger partial charge in [0.25, 0.3) is 0 Å². The number of halogens is 1. The molecule has 1 aliphatic heterocycles. The molecule has 6 nitrogen and oxygen atoms in total. The first-order valence-electron chi connectivity index (χ1n) is 6.31. The molecule has 0 atom stereocenters. The van der Waals surface area contributed by atoms with E-state index in [9.17, 15) is 0 Å². The Bertz CT molecular complexity index is 615. The Labute approximate surface area is 121 Å². The monoisotopic (exact) mass is 291 g/mol. The highest BCUT2D eigenvalue weighted by atomic mass is 35.5. The van der Waals surface area contributed by atoms with Crippen molar-refractivity contribution < 1.29 is 4.74 Å². The second-order valence-corrected chi connectivity index (χ2v) is 4.86. The topological polar surface area (TPSA) is 77.2 Å². The maximum atomic E-state index is 6.19. The third-order valence-electron chi connectivity index (χ3n) is 3.05. The first kappa shape index (κ1) is 13.1. The van der Waals surface area contributed by atoms with Gasteiger partial charge >= 0.3 is 0 Å². The molecule has 7 heteroatoms. The lowest BCUT2D eigenvalue weighted by molar-refractivity contribution is 0.122. The Morgan fingerprint density at radius 2 is 1.95 bits per heavy atom. The number of nitrogen functional groups attached to an aromatic ring is 1. The lowest BCUT2D eigenvalue weighted by Gasteiger charge is -2.28. The minimum atomic E-state index is 0.220. The molecule has 0 bridgehead atoms. The number of anilines is 2. The van der Waals surface area contributed by atoms with Crippen LogP contribution in [-0.2, 0) is 4.74 Å². The zero-order valence-electron chi connectivity index (χ0n) is 10.8. The van der Waals surface area contributed by atoms with Gasteiger partial charge in [0, 0.05) is 24.3 Å².